The number of hydrogen-bond acceptors (Lipinski definition) is 5. The Morgan fingerprint density at radius 3 is 2.70 bits per heavy atom. The fourth-order valence-electron chi connectivity index (χ4n) is 4.68. The van der Waals surface area contributed by atoms with Crippen LogP contribution in [-0.2, 0) is 16.0 Å². The van der Waals surface area contributed by atoms with Crippen LogP contribution in [0.2, 0.25) is 0 Å². The van der Waals surface area contributed by atoms with Gasteiger partial charge in [0.2, 0.25) is 16.9 Å². The van der Waals surface area contributed by atoms with Crippen molar-refractivity contribution in [2.45, 2.75) is 52.4 Å². The number of nitrogens with zero attached hydrogens (tertiary/aromatic N) is 3. The van der Waals surface area contributed by atoms with Gasteiger partial charge in [-0.05, 0) is 36.2 Å². The fraction of sp³-hybridized carbons (Fsp3) is 0.565. The van der Waals surface area contributed by atoms with Gasteiger partial charge in [0.25, 0.3) is 0 Å². The Balaban J connectivity index is 1.33. The topological polar surface area (TPSA) is 75.2 Å². The minimum absolute atomic E-state index is 0.00472. The first kappa shape index (κ1) is 21.0. The molecule has 1 atom stereocenters. The van der Waals surface area contributed by atoms with Crippen LogP contribution in [0.25, 0.3) is 0 Å². The summed E-state index contributed by atoms with van der Waals surface area (Å²) in [4.78, 5) is 26.9. The molecule has 2 aliphatic rings. The number of aromatic nitrogens is 2. The Morgan fingerprint density at radius 1 is 1.27 bits per heavy atom. The van der Waals surface area contributed by atoms with Crippen LogP contribution in [0, 0.1) is 17.3 Å². The summed E-state index contributed by atoms with van der Waals surface area (Å²) in [5.41, 5.74) is 1.43. The SMILES string of the molecule is CC(C)CC1(CNC(=O)C2CC(=O)N(c3nnc(Cc4ccccc4)s3)C2)CCC1. The molecule has 0 radical (unpaired) electrons. The molecule has 7 heteroatoms. The second kappa shape index (κ2) is 8.84. The number of carbonyl (C=O) groups excluding carboxylic acids is 2. The summed E-state index contributed by atoms with van der Waals surface area (Å²) in [7, 11) is 0. The predicted molar refractivity (Wildman–Crippen MR) is 118 cm³/mol. The van der Waals surface area contributed by atoms with E-state index in [9.17, 15) is 9.59 Å². The molecule has 2 heterocycles. The quantitative estimate of drug-likeness (QED) is 0.696. The van der Waals surface area contributed by atoms with Gasteiger partial charge in [0, 0.05) is 25.9 Å². The normalized spacial score (nSPS) is 20.4. The Kier molecular flexibility index (Phi) is 6.18. The van der Waals surface area contributed by atoms with E-state index in [0.29, 0.717) is 24.0 Å². The van der Waals surface area contributed by atoms with Crippen LogP contribution in [0.4, 0.5) is 5.13 Å². The summed E-state index contributed by atoms with van der Waals surface area (Å²) in [5, 5.41) is 13.1. The minimum atomic E-state index is -0.310. The van der Waals surface area contributed by atoms with Crippen LogP contribution in [0.3, 0.4) is 0 Å². The zero-order valence-corrected chi connectivity index (χ0v) is 18.6. The molecule has 6 nitrogen and oxygen atoms in total. The molecule has 4 rings (SSSR count). The number of anilines is 1. The predicted octanol–water partition coefficient (Wildman–Crippen LogP) is 3.81. The molecule has 1 aromatic heterocycles. The van der Waals surface area contributed by atoms with E-state index in [1.807, 2.05) is 18.2 Å². The zero-order valence-electron chi connectivity index (χ0n) is 17.8. The van der Waals surface area contributed by atoms with Crippen molar-refractivity contribution in [2.24, 2.45) is 17.3 Å². The number of amides is 2. The van der Waals surface area contributed by atoms with E-state index in [1.54, 1.807) is 4.90 Å². The van der Waals surface area contributed by atoms with E-state index >= 15 is 0 Å². The van der Waals surface area contributed by atoms with Gasteiger partial charge >= 0.3 is 0 Å². The maximum Gasteiger partial charge on any atom is 0.229 e. The van der Waals surface area contributed by atoms with Crippen LogP contribution < -0.4 is 10.2 Å². The van der Waals surface area contributed by atoms with Crippen LogP contribution in [0.5, 0.6) is 0 Å². The van der Waals surface area contributed by atoms with Crippen molar-refractivity contribution in [3.63, 3.8) is 0 Å². The van der Waals surface area contributed by atoms with Crippen molar-refractivity contribution in [3.8, 4) is 0 Å². The highest BCUT2D eigenvalue weighted by Gasteiger charge is 2.40. The molecule has 1 saturated carbocycles. The van der Waals surface area contributed by atoms with Crippen molar-refractivity contribution in [3.05, 3.63) is 40.9 Å². The molecule has 1 aliphatic carbocycles. The lowest BCUT2D eigenvalue weighted by molar-refractivity contribution is -0.127. The van der Waals surface area contributed by atoms with Crippen molar-refractivity contribution in [1.29, 1.82) is 0 Å². The van der Waals surface area contributed by atoms with Crippen molar-refractivity contribution >= 4 is 28.3 Å². The Labute approximate surface area is 182 Å². The second-order valence-corrected chi connectivity index (χ2v) is 10.3. The Hall–Kier alpha value is -2.28. The Bertz CT molecular complexity index is 892. The largest absolute Gasteiger partial charge is 0.355 e. The highest BCUT2D eigenvalue weighted by molar-refractivity contribution is 7.15. The highest BCUT2D eigenvalue weighted by Crippen LogP contribution is 2.45. The number of benzene rings is 1. The molecule has 30 heavy (non-hydrogen) atoms. The van der Waals surface area contributed by atoms with Crippen molar-refractivity contribution < 1.29 is 9.59 Å². The maximum atomic E-state index is 12.8. The van der Waals surface area contributed by atoms with Crippen LogP contribution in [0.1, 0.15) is 56.5 Å². The molecule has 2 fully saturated rings. The van der Waals surface area contributed by atoms with Gasteiger partial charge < -0.3 is 5.32 Å². The summed E-state index contributed by atoms with van der Waals surface area (Å²) in [6.07, 6.45) is 5.73. The monoisotopic (exact) mass is 426 g/mol. The summed E-state index contributed by atoms with van der Waals surface area (Å²) in [6.45, 7) is 5.60. The number of rotatable bonds is 8. The minimum Gasteiger partial charge on any atom is -0.355 e. The summed E-state index contributed by atoms with van der Waals surface area (Å²) in [5.74, 6) is 0.274. The lowest BCUT2D eigenvalue weighted by Gasteiger charge is -2.43. The third-order valence-electron chi connectivity index (χ3n) is 6.27. The van der Waals surface area contributed by atoms with Crippen LogP contribution >= 0.6 is 11.3 Å². The van der Waals surface area contributed by atoms with E-state index in [0.717, 1.165) is 23.5 Å². The first-order valence-electron chi connectivity index (χ1n) is 10.9. The lowest BCUT2D eigenvalue weighted by Crippen LogP contribution is -2.45. The molecule has 0 bridgehead atoms. The highest BCUT2D eigenvalue weighted by atomic mass is 32.1. The zero-order chi connectivity index (χ0) is 21.1. The lowest BCUT2D eigenvalue weighted by atomic mass is 9.64. The molecule has 1 aromatic carbocycles. The van der Waals surface area contributed by atoms with Gasteiger partial charge in [-0.3, -0.25) is 14.5 Å². The summed E-state index contributed by atoms with van der Waals surface area (Å²) < 4.78 is 0. The van der Waals surface area contributed by atoms with Gasteiger partial charge in [-0.15, -0.1) is 10.2 Å². The molecule has 2 aromatic rings. The first-order valence-corrected chi connectivity index (χ1v) is 11.7. The van der Waals surface area contributed by atoms with Gasteiger partial charge in [0.05, 0.1) is 5.92 Å². The molecular formula is C23H30N4O2S. The molecule has 0 spiro atoms. The molecule has 2 amide bonds. The maximum absolute atomic E-state index is 12.8. The first-order chi connectivity index (χ1) is 14.4. The third kappa shape index (κ3) is 4.72. The summed E-state index contributed by atoms with van der Waals surface area (Å²) in [6, 6.07) is 10.1. The summed E-state index contributed by atoms with van der Waals surface area (Å²) >= 11 is 1.43. The molecule has 160 valence electrons. The average molecular weight is 427 g/mol. The van der Waals surface area contributed by atoms with E-state index in [1.165, 1.54) is 30.6 Å². The Morgan fingerprint density at radius 2 is 2.03 bits per heavy atom. The standard InChI is InChI=1S/C23H30N4O2S/c1-16(2)13-23(9-6-10-23)15-24-21(29)18-12-20(28)27(14-18)22-26-25-19(30-22)11-17-7-4-3-5-8-17/h3-5,7-8,16,18H,6,9-15H2,1-2H3,(H,24,29). The van der Waals surface area contributed by atoms with Crippen molar-refractivity contribution in [2.75, 3.05) is 18.0 Å². The van der Waals surface area contributed by atoms with Crippen LogP contribution in [-0.4, -0.2) is 35.1 Å². The van der Waals surface area contributed by atoms with Gasteiger partial charge in [-0.25, -0.2) is 0 Å². The van der Waals surface area contributed by atoms with E-state index in [2.05, 4.69) is 41.5 Å². The molecule has 1 unspecified atom stereocenters. The number of carbonyl (C=O) groups is 2. The van der Waals surface area contributed by atoms with Gasteiger partial charge in [-0.2, -0.15) is 0 Å². The average Bonchev–Trinajstić information content (AvgIpc) is 3.30. The second-order valence-electron chi connectivity index (χ2n) is 9.22. The molecule has 1 aliphatic heterocycles. The third-order valence-corrected chi connectivity index (χ3v) is 7.22. The molecular weight excluding hydrogens is 396 g/mol. The number of hydrogen-bond donors (Lipinski definition) is 1. The smallest absolute Gasteiger partial charge is 0.229 e. The van der Waals surface area contributed by atoms with Gasteiger partial charge in [0.1, 0.15) is 5.01 Å². The fourth-order valence-corrected chi connectivity index (χ4v) is 5.58. The van der Waals surface area contributed by atoms with E-state index < -0.39 is 0 Å². The van der Waals surface area contributed by atoms with E-state index in [-0.39, 0.29) is 29.6 Å². The molecule has 1 saturated heterocycles. The van der Waals surface area contributed by atoms with Crippen LogP contribution in [0.15, 0.2) is 30.3 Å². The van der Waals surface area contributed by atoms with Crippen molar-refractivity contribution in [1.82, 2.24) is 15.5 Å². The van der Waals surface area contributed by atoms with E-state index in [4.69, 9.17) is 0 Å². The van der Waals surface area contributed by atoms with Gasteiger partial charge in [0.15, 0.2) is 0 Å². The molecule has 1 N–H and O–H groups in total. The van der Waals surface area contributed by atoms with Gasteiger partial charge in [-0.1, -0.05) is 61.9 Å². The number of nitrogens with one attached hydrogen (secondary N) is 1.